The Morgan fingerprint density at radius 2 is 2.20 bits per heavy atom. The molecule has 1 unspecified atom stereocenters. The Morgan fingerprint density at radius 1 is 1.40 bits per heavy atom. The lowest BCUT2D eigenvalue weighted by Gasteiger charge is -2.27. The molecule has 4 heteroatoms. The van der Waals surface area contributed by atoms with Gasteiger partial charge in [0, 0.05) is 13.1 Å². The second-order valence-electron chi connectivity index (χ2n) is 6.94. The first-order chi connectivity index (χ1) is 9.41. The Labute approximate surface area is 124 Å². The maximum Gasteiger partial charge on any atom is 0.181 e. The van der Waals surface area contributed by atoms with Crippen LogP contribution in [-0.2, 0) is 6.54 Å². The molecule has 1 fully saturated rings. The van der Waals surface area contributed by atoms with E-state index in [9.17, 15) is 0 Å². The minimum Gasteiger partial charge on any atom is -0.375 e. The summed E-state index contributed by atoms with van der Waals surface area (Å²) in [5.41, 5.74) is 8.58. The largest absolute Gasteiger partial charge is 0.375 e. The lowest BCUT2D eigenvalue weighted by atomic mass is 9.80. The van der Waals surface area contributed by atoms with E-state index >= 15 is 0 Å². The number of nitrogen functional groups attached to an aromatic ring is 1. The SMILES string of the molecule is CC(C)(C)C1CCN(Cc2ccc3nc(N)sc3c2)C1. The van der Waals surface area contributed by atoms with Gasteiger partial charge >= 0.3 is 0 Å². The van der Waals surface area contributed by atoms with Crippen LogP contribution >= 0.6 is 11.3 Å². The van der Waals surface area contributed by atoms with Crippen molar-refractivity contribution in [3.05, 3.63) is 23.8 Å². The monoisotopic (exact) mass is 289 g/mol. The van der Waals surface area contributed by atoms with Crippen LogP contribution in [0.3, 0.4) is 0 Å². The molecule has 1 aromatic heterocycles. The van der Waals surface area contributed by atoms with Gasteiger partial charge in [-0.2, -0.15) is 0 Å². The van der Waals surface area contributed by atoms with Crippen molar-refractivity contribution in [2.24, 2.45) is 11.3 Å². The third kappa shape index (κ3) is 2.81. The Bertz CT molecular complexity index is 612. The van der Waals surface area contributed by atoms with Crippen LogP contribution in [0.15, 0.2) is 18.2 Å². The first-order valence-corrected chi connectivity index (χ1v) is 8.11. The zero-order valence-corrected chi connectivity index (χ0v) is 13.3. The van der Waals surface area contributed by atoms with E-state index < -0.39 is 0 Å². The van der Waals surface area contributed by atoms with Gasteiger partial charge in [0.15, 0.2) is 5.13 Å². The zero-order valence-electron chi connectivity index (χ0n) is 12.5. The minimum atomic E-state index is 0.421. The molecule has 0 radical (unpaired) electrons. The maximum atomic E-state index is 5.77. The van der Waals surface area contributed by atoms with Crippen molar-refractivity contribution in [1.82, 2.24) is 9.88 Å². The maximum absolute atomic E-state index is 5.77. The van der Waals surface area contributed by atoms with Crippen molar-refractivity contribution in [3.63, 3.8) is 0 Å². The summed E-state index contributed by atoms with van der Waals surface area (Å²) >= 11 is 1.58. The number of hydrogen-bond acceptors (Lipinski definition) is 4. The molecule has 0 amide bonds. The lowest BCUT2D eigenvalue weighted by molar-refractivity contribution is 0.226. The molecule has 3 nitrogen and oxygen atoms in total. The smallest absolute Gasteiger partial charge is 0.181 e. The summed E-state index contributed by atoms with van der Waals surface area (Å²) in [5, 5.41) is 0.658. The molecule has 0 spiro atoms. The van der Waals surface area contributed by atoms with Gasteiger partial charge < -0.3 is 5.73 Å². The third-order valence-corrected chi connectivity index (χ3v) is 5.22. The van der Waals surface area contributed by atoms with Gasteiger partial charge in [0.2, 0.25) is 0 Å². The standard InChI is InChI=1S/C16H23N3S/c1-16(2,3)12-6-7-19(10-12)9-11-4-5-13-14(8-11)20-15(17)18-13/h4-5,8,12H,6-7,9-10H2,1-3H3,(H2,17,18). The Balaban J connectivity index is 1.71. The first kappa shape index (κ1) is 13.8. The first-order valence-electron chi connectivity index (χ1n) is 7.29. The van der Waals surface area contributed by atoms with Crippen molar-refractivity contribution in [3.8, 4) is 0 Å². The van der Waals surface area contributed by atoms with Gasteiger partial charge in [0.05, 0.1) is 10.2 Å². The van der Waals surface area contributed by atoms with E-state index in [2.05, 4.69) is 48.9 Å². The van der Waals surface area contributed by atoms with Gasteiger partial charge in [0.1, 0.15) is 0 Å². The molecule has 1 aliphatic rings. The lowest BCUT2D eigenvalue weighted by Crippen LogP contribution is -2.25. The zero-order chi connectivity index (χ0) is 14.3. The van der Waals surface area contributed by atoms with Crippen LogP contribution in [0.1, 0.15) is 32.8 Å². The number of likely N-dealkylation sites (tertiary alicyclic amines) is 1. The summed E-state index contributed by atoms with van der Waals surface area (Å²) in [6.45, 7) is 10.5. The Kier molecular flexibility index (Phi) is 3.46. The molecule has 108 valence electrons. The Morgan fingerprint density at radius 3 is 2.90 bits per heavy atom. The van der Waals surface area contributed by atoms with E-state index in [1.54, 1.807) is 11.3 Å². The fraction of sp³-hybridized carbons (Fsp3) is 0.562. The summed E-state index contributed by atoms with van der Waals surface area (Å²) in [6, 6.07) is 6.52. The highest BCUT2D eigenvalue weighted by atomic mass is 32.1. The molecule has 1 aliphatic heterocycles. The highest BCUT2D eigenvalue weighted by Crippen LogP contribution is 2.34. The fourth-order valence-corrected chi connectivity index (χ4v) is 3.82. The highest BCUT2D eigenvalue weighted by molar-refractivity contribution is 7.22. The van der Waals surface area contributed by atoms with E-state index in [0.29, 0.717) is 10.5 Å². The summed E-state index contributed by atoms with van der Waals surface area (Å²) < 4.78 is 1.20. The quantitative estimate of drug-likeness (QED) is 0.915. The highest BCUT2D eigenvalue weighted by Gasteiger charge is 2.31. The molecule has 0 saturated carbocycles. The van der Waals surface area contributed by atoms with Crippen LogP contribution in [0, 0.1) is 11.3 Å². The number of nitrogens with two attached hydrogens (primary N) is 1. The van der Waals surface area contributed by atoms with E-state index in [1.807, 2.05) is 0 Å². The van der Waals surface area contributed by atoms with E-state index in [-0.39, 0.29) is 0 Å². The average molecular weight is 289 g/mol. The van der Waals surface area contributed by atoms with Crippen molar-refractivity contribution in [2.75, 3.05) is 18.8 Å². The van der Waals surface area contributed by atoms with Crippen molar-refractivity contribution in [2.45, 2.75) is 33.7 Å². The fourth-order valence-electron chi connectivity index (χ4n) is 3.03. The molecule has 3 rings (SSSR count). The van der Waals surface area contributed by atoms with Crippen molar-refractivity contribution >= 4 is 26.7 Å². The predicted molar refractivity (Wildman–Crippen MR) is 86.9 cm³/mol. The number of fused-ring (bicyclic) bond motifs is 1. The number of nitrogens with zero attached hydrogens (tertiary/aromatic N) is 2. The molecular formula is C16H23N3S. The topological polar surface area (TPSA) is 42.2 Å². The number of thiazole rings is 1. The van der Waals surface area contributed by atoms with Crippen LogP contribution in [0.4, 0.5) is 5.13 Å². The number of anilines is 1. The molecule has 2 heterocycles. The van der Waals surface area contributed by atoms with E-state index in [1.165, 1.54) is 29.8 Å². The molecule has 1 atom stereocenters. The summed E-state index contributed by atoms with van der Waals surface area (Å²) in [5.74, 6) is 0.810. The van der Waals surface area contributed by atoms with Crippen LogP contribution in [-0.4, -0.2) is 23.0 Å². The molecule has 0 bridgehead atoms. The van der Waals surface area contributed by atoms with Crippen LogP contribution in [0.25, 0.3) is 10.2 Å². The van der Waals surface area contributed by atoms with Crippen LogP contribution in [0.2, 0.25) is 0 Å². The van der Waals surface area contributed by atoms with Gasteiger partial charge in [-0.1, -0.05) is 38.2 Å². The van der Waals surface area contributed by atoms with Gasteiger partial charge in [-0.15, -0.1) is 0 Å². The minimum absolute atomic E-state index is 0.421. The van der Waals surface area contributed by atoms with Gasteiger partial charge in [-0.05, 0) is 42.0 Å². The number of aromatic nitrogens is 1. The normalized spacial score (nSPS) is 20.9. The average Bonchev–Trinajstić information content (AvgIpc) is 2.93. The molecular weight excluding hydrogens is 266 g/mol. The Hall–Kier alpha value is -1.13. The number of rotatable bonds is 2. The molecule has 1 aromatic carbocycles. The molecule has 2 N–H and O–H groups in total. The predicted octanol–water partition coefficient (Wildman–Crippen LogP) is 3.75. The second-order valence-corrected chi connectivity index (χ2v) is 8.00. The van der Waals surface area contributed by atoms with Crippen molar-refractivity contribution < 1.29 is 0 Å². The second kappa shape index (κ2) is 5.01. The van der Waals surface area contributed by atoms with E-state index in [0.717, 1.165) is 18.0 Å². The molecule has 2 aromatic rings. The number of benzene rings is 1. The van der Waals surface area contributed by atoms with Crippen molar-refractivity contribution in [1.29, 1.82) is 0 Å². The third-order valence-electron chi connectivity index (χ3n) is 4.37. The summed E-state index contributed by atoms with van der Waals surface area (Å²) in [7, 11) is 0. The van der Waals surface area contributed by atoms with E-state index in [4.69, 9.17) is 5.73 Å². The summed E-state index contributed by atoms with van der Waals surface area (Å²) in [6.07, 6.45) is 1.32. The van der Waals surface area contributed by atoms with Gasteiger partial charge in [0.25, 0.3) is 0 Å². The molecule has 20 heavy (non-hydrogen) atoms. The number of hydrogen-bond donors (Lipinski definition) is 1. The van der Waals surface area contributed by atoms with Crippen LogP contribution in [0.5, 0.6) is 0 Å². The van der Waals surface area contributed by atoms with Crippen LogP contribution < -0.4 is 5.73 Å². The molecule has 1 saturated heterocycles. The molecule has 0 aliphatic carbocycles. The van der Waals surface area contributed by atoms with Gasteiger partial charge in [-0.25, -0.2) is 4.98 Å². The summed E-state index contributed by atoms with van der Waals surface area (Å²) in [4.78, 5) is 6.88. The van der Waals surface area contributed by atoms with Gasteiger partial charge in [-0.3, -0.25) is 4.90 Å².